The maximum atomic E-state index is 12.5. The van der Waals surface area contributed by atoms with Crippen molar-refractivity contribution in [2.24, 2.45) is 0 Å². The third kappa shape index (κ3) is 4.25. The van der Waals surface area contributed by atoms with E-state index in [-0.39, 0.29) is 5.91 Å². The van der Waals surface area contributed by atoms with Crippen LogP contribution in [0.15, 0.2) is 73.2 Å². The number of rotatable bonds is 6. The standard InChI is InChI=1S/C23H19N5O/c24-12-16-4-3-5-19(10-16)28-20-11-18(13-25-15-20)23(29)26-9-8-17-14-27-22-7-2-1-6-21(17)22/h1-7,10-11,13-15,27-28H,8-9H2,(H,26,29). The highest BCUT2D eigenvalue weighted by molar-refractivity contribution is 5.95. The Morgan fingerprint density at radius 1 is 1.07 bits per heavy atom. The van der Waals surface area contributed by atoms with Crippen molar-refractivity contribution in [1.82, 2.24) is 15.3 Å². The molecule has 6 heteroatoms. The van der Waals surface area contributed by atoms with Gasteiger partial charge in [-0.15, -0.1) is 0 Å². The van der Waals surface area contributed by atoms with Crippen molar-refractivity contribution >= 4 is 28.2 Å². The number of fused-ring (bicyclic) bond motifs is 1. The number of anilines is 2. The number of nitrogens with one attached hydrogen (secondary N) is 3. The van der Waals surface area contributed by atoms with E-state index in [0.29, 0.717) is 23.4 Å². The Hall–Kier alpha value is -4.11. The molecule has 0 saturated carbocycles. The zero-order valence-corrected chi connectivity index (χ0v) is 15.6. The lowest BCUT2D eigenvalue weighted by Gasteiger charge is -2.09. The normalized spacial score (nSPS) is 10.4. The molecule has 0 saturated heterocycles. The van der Waals surface area contributed by atoms with Gasteiger partial charge in [-0.2, -0.15) is 5.26 Å². The first-order valence-corrected chi connectivity index (χ1v) is 9.28. The zero-order valence-electron chi connectivity index (χ0n) is 15.6. The molecule has 0 aliphatic carbocycles. The van der Waals surface area contributed by atoms with E-state index in [9.17, 15) is 4.79 Å². The summed E-state index contributed by atoms with van der Waals surface area (Å²) in [7, 11) is 0. The number of aromatic amines is 1. The van der Waals surface area contributed by atoms with Crippen molar-refractivity contribution in [3.05, 3.63) is 89.9 Å². The van der Waals surface area contributed by atoms with Crippen molar-refractivity contribution in [2.75, 3.05) is 11.9 Å². The smallest absolute Gasteiger partial charge is 0.252 e. The van der Waals surface area contributed by atoms with Gasteiger partial charge in [-0.1, -0.05) is 24.3 Å². The summed E-state index contributed by atoms with van der Waals surface area (Å²) in [6.45, 7) is 0.530. The average Bonchev–Trinajstić information content (AvgIpc) is 3.17. The molecular formula is C23H19N5O. The van der Waals surface area contributed by atoms with Gasteiger partial charge in [0, 0.05) is 35.5 Å². The van der Waals surface area contributed by atoms with E-state index in [1.165, 1.54) is 17.1 Å². The third-order valence-corrected chi connectivity index (χ3v) is 4.64. The predicted octanol–water partition coefficient (Wildman–Crippen LogP) is 4.15. The van der Waals surface area contributed by atoms with E-state index in [1.54, 1.807) is 30.5 Å². The molecule has 4 rings (SSSR count). The number of aromatic nitrogens is 2. The lowest BCUT2D eigenvalue weighted by molar-refractivity contribution is 0.0954. The van der Waals surface area contributed by atoms with Gasteiger partial charge in [0.05, 0.1) is 29.1 Å². The fourth-order valence-electron chi connectivity index (χ4n) is 3.22. The van der Waals surface area contributed by atoms with E-state index in [4.69, 9.17) is 5.26 Å². The molecule has 0 bridgehead atoms. The summed E-state index contributed by atoms with van der Waals surface area (Å²) in [5.74, 6) is -0.174. The summed E-state index contributed by atoms with van der Waals surface area (Å²) in [4.78, 5) is 19.9. The summed E-state index contributed by atoms with van der Waals surface area (Å²) in [5, 5.41) is 16.3. The molecule has 0 atom stereocenters. The summed E-state index contributed by atoms with van der Waals surface area (Å²) in [6.07, 6.45) is 5.90. The third-order valence-electron chi connectivity index (χ3n) is 4.64. The zero-order chi connectivity index (χ0) is 20.1. The van der Waals surface area contributed by atoms with Crippen LogP contribution in [0.25, 0.3) is 10.9 Å². The van der Waals surface area contributed by atoms with Gasteiger partial charge in [0.15, 0.2) is 0 Å². The molecule has 0 spiro atoms. The van der Waals surface area contributed by atoms with E-state index >= 15 is 0 Å². The Bertz CT molecular complexity index is 1210. The SMILES string of the molecule is N#Cc1cccc(Nc2cncc(C(=O)NCCc3c[nH]c4ccccc34)c2)c1. The molecule has 6 nitrogen and oxygen atoms in total. The molecule has 0 aliphatic heterocycles. The van der Waals surface area contributed by atoms with Gasteiger partial charge in [-0.05, 0) is 42.3 Å². The summed E-state index contributed by atoms with van der Waals surface area (Å²) < 4.78 is 0. The fourth-order valence-corrected chi connectivity index (χ4v) is 3.22. The highest BCUT2D eigenvalue weighted by atomic mass is 16.1. The van der Waals surface area contributed by atoms with Gasteiger partial charge in [0.2, 0.25) is 0 Å². The van der Waals surface area contributed by atoms with Crippen LogP contribution in [-0.2, 0) is 6.42 Å². The largest absolute Gasteiger partial charge is 0.361 e. The van der Waals surface area contributed by atoms with Crippen molar-refractivity contribution in [3.8, 4) is 6.07 Å². The van der Waals surface area contributed by atoms with E-state index in [0.717, 1.165) is 17.6 Å². The fraction of sp³-hybridized carbons (Fsp3) is 0.0870. The first-order valence-electron chi connectivity index (χ1n) is 9.28. The molecule has 0 unspecified atom stereocenters. The van der Waals surface area contributed by atoms with Crippen LogP contribution < -0.4 is 10.6 Å². The molecule has 2 heterocycles. The summed E-state index contributed by atoms with van der Waals surface area (Å²) in [5.41, 5.74) is 4.76. The number of nitrogens with zero attached hydrogens (tertiary/aromatic N) is 2. The monoisotopic (exact) mass is 381 g/mol. The molecule has 142 valence electrons. The second kappa shape index (κ2) is 8.28. The van der Waals surface area contributed by atoms with Crippen LogP contribution in [0.4, 0.5) is 11.4 Å². The van der Waals surface area contributed by atoms with Crippen molar-refractivity contribution in [1.29, 1.82) is 5.26 Å². The van der Waals surface area contributed by atoms with Crippen molar-refractivity contribution in [3.63, 3.8) is 0 Å². The predicted molar refractivity (Wildman–Crippen MR) is 113 cm³/mol. The van der Waals surface area contributed by atoms with Gasteiger partial charge >= 0.3 is 0 Å². The Balaban J connectivity index is 1.38. The minimum Gasteiger partial charge on any atom is -0.361 e. The Kier molecular flexibility index (Phi) is 5.21. The lowest BCUT2D eigenvalue weighted by Crippen LogP contribution is -2.25. The van der Waals surface area contributed by atoms with E-state index in [2.05, 4.69) is 32.7 Å². The first kappa shape index (κ1) is 18.3. The lowest BCUT2D eigenvalue weighted by atomic mass is 10.1. The molecular weight excluding hydrogens is 362 g/mol. The molecule has 2 aromatic heterocycles. The Labute approximate surface area is 168 Å². The highest BCUT2D eigenvalue weighted by Crippen LogP contribution is 2.19. The maximum absolute atomic E-state index is 12.5. The Morgan fingerprint density at radius 3 is 2.86 bits per heavy atom. The van der Waals surface area contributed by atoms with Gasteiger partial charge in [-0.25, -0.2) is 0 Å². The summed E-state index contributed by atoms with van der Waals surface area (Å²) >= 11 is 0. The van der Waals surface area contributed by atoms with Crippen LogP contribution in [0.3, 0.4) is 0 Å². The van der Waals surface area contributed by atoms with Crippen LogP contribution in [0.5, 0.6) is 0 Å². The molecule has 0 radical (unpaired) electrons. The molecule has 3 N–H and O–H groups in total. The van der Waals surface area contributed by atoms with Crippen LogP contribution in [0, 0.1) is 11.3 Å². The molecule has 1 amide bonds. The minimum absolute atomic E-state index is 0.174. The van der Waals surface area contributed by atoms with Crippen LogP contribution in [0.2, 0.25) is 0 Å². The van der Waals surface area contributed by atoms with E-state index < -0.39 is 0 Å². The first-order chi connectivity index (χ1) is 14.2. The number of carbonyl (C=O) groups is 1. The number of hydrogen-bond acceptors (Lipinski definition) is 4. The number of amides is 1. The quantitative estimate of drug-likeness (QED) is 0.468. The number of benzene rings is 2. The second-order valence-electron chi connectivity index (χ2n) is 6.65. The number of nitriles is 1. The second-order valence-corrected chi connectivity index (χ2v) is 6.65. The molecule has 29 heavy (non-hydrogen) atoms. The number of para-hydroxylation sites is 1. The Morgan fingerprint density at radius 2 is 1.97 bits per heavy atom. The number of H-pyrrole nitrogens is 1. The van der Waals surface area contributed by atoms with Crippen LogP contribution >= 0.6 is 0 Å². The van der Waals surface area contributed by atoms with Gasteiger partial charge < -0.3 is 15.6 Å². The van der Waals surface area contributed by atoms with Crippen LogP contribution in [0.1, 0.15) is 21.5 Å². The van der Waals surface area contributed by atoms with Gasteiger partial charge in [0.25, 0.3) is 5.91 Å². The molecule has 0 aliphatic rings. The highest BCUT2D eigenvalue weighted by Gasteiger charge is 2.08. The van der Waals surface area contributed by atoms with Gasteiger partial charge in [-0.3, -0.25) is 9.78 Å². The number of pyridine rings is 1. The minimum atomic E-state index is -0.174. The molecule has 0 fully saturated rings. The van der Waals surface area contributed by atoms with Crippen LogP contribution in [-0.4, -0.2) is 22.4 Å². The van der Waals surface area contributed by atoms with Crippen molar-refractivity contribution < 1.29 is 4.79 Å². The van der Waals surface area contributed by atoms with E-state index in [1.807, 2.05) is 30.5 Å². The van der Waals surface area contributed by atoms with Crippen molar-refractivity contribution in [2.45, 2.75) is 6.42 Å². The topological polar surface area (TPSA) is 93.6 Å². The average molecular weight is 381 g/mol. The molecule has 2 aromatic carbocycles. The summed E-state index contributed by atoms with van der Waals surface area (Å²) in [6, 6.07) is 19.1. The van der Waals surface area contributed by atoms with Gasteiger partial charge in [0.1, 0.15) is 0 Å². The number of carbonyl (C=O) groups excluding carboxylic acids is 1. The number of hydrogen-bond donors (Lipinski definition) is 3. The maximum Gasteiger partial charge on any atom is 0.252 e. The molecule has 4 aromatic rings.